The predicted octanol–water partition coefficient (Wildman–Crippen LogP) is 2.10. The van der Waals surface area contributed by atoms with E-state index in [4.69, 9.17) is 25.8 Å². The van der Waals surface area contributed by atoms with Crippen molar-refractivity contribution in [2.24, 2.45) is 0 Å². The summed E-state index contributed by atoms with van der Waals surface area (Å²) >= 11 is 5.61. The third kappa shape index (κ3) is 6.29. The lowest BCUT2D eigenvalue weighted by molar-refractivity contribution is -0.146. The molecular weight excluding hydrogens is 455 g/mol. The second-order valence-corrected chi connectivity index (χ2v) is 8.50. The van der Waals surface area contributed by atoms with E-state index in [1.807, 2.05) is 0 Å². The van der Waals surface area contributed by atoms with E-state index in [2.05, 4.69) is 10.0 Å². The molecule has 1 aliphatic heterocycles. The van der Waals surface area contributed by atoms with Crippen LogP contribution in [0.3, 0.4) is 0 Å². The molecule has 1 amide bonds. The van der Waals surface area contributed by atoms with E-state index in [-0.39, 0.29) is 15.6 Å². The SMILES string of the molecule is O=C(COC(=O)CNS(=O)(=O)c1ccc2c(c1)OCCCO2)Nc1ccc(F)c(Cl)c1. The van der Waals surface area contributed by atoms with Crippen LogP contribution >= 0.6 is 11.6 Å². The van der Waals surface area contributed by atoms with Gasteiger partial charge in [-0.25, -0.2) is 12.8 Å². The number of anilines is 1. The monoisotopic (exact) mass is 472 g/mol. The molecule has 1 heterocycles. The van der Waals surface area contributed by atoms with E-state index < -0.39 is 40.9 Å². The van der Waals surface area contributed by atoms with Gasteiger partial charge in [-0.1, -0.05) is 11.6 Å². The Kier molecular flexibility index (Phi) is 7.31. The van der Waals surface area contributed by atoms with E-state index >= 15 is 0 Å². The molecule has 9 nitrogen and oxygen atoms in total. The van der Waals surface area contributed by atoms with Crippen molar-refractivity contribution >= 4 is 39.2 Å². The lowest BCUT2D eigenvalue weighted by Crippen LogP contribution is -2.32. The molecule has 2 aromatic rings. The molecule has 2 N–H and O–H groups in total. The van der Waals surface area contributed by atoms with Crippen LogP contribution in [0.15, 0.2) is 41.3 Å². The van der Waals surface area contributed by atoms with Gasteiger partial charge < -0.3 is 19.5 Å². The highest BCUT2D eigenvalue weighted by Gasteiger charge is 2.20. The van der Waals surface area contributed by atoms with Gasteiger partial charge in [-0.15, -0.1) is 0 Å². The molecule has 3 rings (SSSR count). The Labute approximate surface area is 182 Å². The molecule has 0 radical (unpaired) electrons. The zero-order valence-electron chi connectivity index (χ0n) is 16.0. The number of halogens is 2. The maximum atomic E-state index is 13.1. The second-order valence-electron chi connectivity index (χ2n) is 6.32. The van der Waals surface area contributed by atoms with Crippen LogP contribution in [-0.4, -0.2) is 46.7 Å². The van der Waals surface area contributed by atoms with Crippen LogP contribution in [0.5, 0.6) is 11.5 Å². The number of carbonyl (C=O) groups excluding carboxylic acids is 2. The van der Waals surface area contributed by atoms with Crippen LogP contribution in [0.2, 0.25) is 5.02 Å². The minimum atomic E-state index is -4.03. The standard InChI is InChI=1S/C19H18ClFN2O7S/c20-14-8-12(2-4-15(14)21)23-18(24)11-30-19(25)10-22-31(26,27)13-3-5-16-17(9-13)29-7-1-6-28-16/h2-5,8-9,22H,1,6-7,10-11H2,(H,23,24). The minimum absolute atomic E-state index is 0.115. The zero-order chi connectivity index (χ0) is 22.4. The number of amides is 1. The fourth-order valence-electron chi connectivity index (χ4n) is 2.52. The molecule has 0 aromatic heterocycles. The van der Waals surface area contributed by atoms with E-state index in [0.717, 1.165) is 6.07 Å². The van der Waals surface area contributed by atoms with Gasteiger partial charge in [0.1, 0.15) is 12.4 Å². The van der Waals surface area contributed by atoms with Crippen molar-refractivity contribution in [2.45, 2.75) is 11.3 Å². The van der Waals surface area contributed by atoms with Gasteiger partial charge >= 0.3 is 5.97 Å². The molecule has 0 bridgehead atoms. The largest absolute Gasteiger partial charge is 0.490 e. The number of rotatable bonds is 7. The summed E-state index contributed by atoms with van der Waals surface area (Å²) in [4.78, 5) is 23.5. The molecule has 0 atom stereocenters. The molecule has 0 fully saturated rings. The molecule has 0 aliphatic carbocycles. The highest BCUT2D eigenvalue weighted by atomic mass is 35.5. The Bertz CT molecular complexity index is 1090. The summed E-state index contributed by atoms with van der Waals surface area (Å²) in [6, 6.07) is 7.64. The van der Waals surface area contributed by atoms with E-state index in [1.165, 1.54) is 30.3 Å². The fourth-order valence-corrected chi connectivity index (χ4v) is 3.68. The Morgan fingerprint density at radius 1 is 1.10 bits per heavy atom. The molecule has 2 aromatic carbocycles. The number of hydrogen-bond acceptors (Lipinski definition) is 7. The molecule has 0 unspecified atom stereocenters. The van der Waals surface area contributed by atoms with Gasteiger partial charge in [0.2, 0.25) is 10.0 Å². The summed E-state index contributed by atoms with van der Waals surface area (Å²) in [6.07, 6.45) is 0.669. The first-order valence-electron chi connectivity index (χ1n) is 9.04. The maximum Gasteiger partial charge on any atom is 0.321 e. The Hall–Kier alpha value is -2.89. The quantitative estimate of drug-likeness (QED) is 0.592. The van der Waals surface area contributed by atoms with Crippen LogP contribution < -0.4 is 19.5 Å². The van der Waals surface area contributed by atoms with Crippen molar-refractivity contribution < 1.29 is 36.6 Å². The molecule has 0 saturated carbocycles. The number of carbonyl (C=O) groups is 2. The van der Waals surface area contributed by atoms with Gasteiger partial charge in [0.25, 0.3) is 5.91 Å². The summed E-state index contributed by atoms with van der Waals surface area (Å²) in [5.74, 6) is -1.59. The number of benzene rings is 2. The second kappa shape index (κ2) is 9.94. The highest BCUT2D eigenvalue weighted by molar-refractivity contribution is 7.89. The average molecular weight is 473 g/mol. The van der Waals surface area contributed by atoms with Gasteiger partial charge in [0.05, 0.1) is 23.1 Å². The molecule has 12 heteroatoms. The lowest BCUT2D eigenvalue weighted by Gasteiger charge is -2.11. The van der Waals surface area contributed by atoms with Crippen molar-refractivity contribution in [1.29, 1.82) is 0 Å². The van der Waals surface area contributed by atoms with Gasteiger partial charge in [-0.05, 0) is 30.3 Å². The molecule has 166 valence electrons. The van der Waals surface area contributed by atoms with Crippen LogP contribution in [0, 0.1) is 5.82 Å². The topological polar surface area (TPSA) is 120 Å². The molecule has 0 spiro atoms. The molecular formula is C19H18ClFN2O7S. The Balaban J connectivity index is 1.50. The minimum Gasteiger partial charge on any atom is -0.490 e. The third-order valence-electron chi connectivity index (χ3n) is 4.00. The van der Waals surface area contributed by atoms with Gasteiger partial charge in [0, 0.05) is 18.2 Å². The number of esters is 1. The van der Waals surface area contributed by atoms with Crippen LogP contribution in [0.25, 0.3) is 0 Å². The third-order valence-corrected chi connectivity index (χ3v) is 5.69. The van der Waals surface area contributed by atoms with Gasteiger partial charge in [0.15, 0.2) is 18.1 Å². The van der Waals surface area contributed by atoms with Crippen molar-refractivity contribution in [3.63, 3.8) is 0 Å². The first-order chi connectivity index (χ1) is 14.7. The van der Waals surface area contributed by atoms with E-state index in [1.54, 1.807) is 0 Å². The number of fused-ring (bicyclic) bond motifs is 1. The molecule has 1 aliphatic rings. The summed E-state index contributed by atoms with van der Waals surface area (Å²) < 4.78 is 55.7. The Morgan fingerprint density at radius 2 is 1.84 bits per heavy atom. The lowest BCUT2D eigenvalue weighted by atomic mass is 10.3. The number of nitrogens with one attached hydrogen (secondary N) is 2. The van der Waals surface area contributed by atoms with Crippen molar-refractivity contribution in [3.05, 3.63) is 47.2 Å². The number of hydrogen-bond donors (Lipinski definition) is 2. The number of sulfonamides is 1. The zero-order valence-corrected chi connectivity index (χ0v) is 17.6. The predicted molar refractivity (Wildman–Crippen MR) is 108 cm³/mol. The highest BCUT2D eigenvalue weighted by Crippen LogP contribution is 2.31. The molecule has 0 saturated heterocycles. The molecule has 31 heavy (non-hydrogen) atoms. The van der Waals surface area contributed by atoms with E-state index in [0.29, 0.717) is 31.1 Å². The summed E-state index contributed by atoms with van der Waals surface area (Å²) in [5, 5.41) is 2.18. The summed E-state index contributed by atoms with van der Waals surface area (Å²) in [6.45, 7) is -0.501. The van der Waals surface area contributed by atoms with Crippen LogP contribution in [-0.2, 0) is 24.3 Å². The smallest absolute Gasteiger partial charge is 0.321 e. The maximum absolute atomic E-state index is 13.1. The van der Waals surface area contributed by atoms with Gasteiger partial charge in [-0.3, -0.25) is 9.59 Å². The van der Waals surface area contributed by atoms with E-state index in [9.17, 15) is 22.4 Å². The number of ether oxygens (including phenoxy) is 3. The average Bonchev–Trinajstić information content (AvgIpc) is 2.98. The van der Waals surface area contributed by atoms with Crippen molar-refractivity contribution in [2.75, 3.05) is 31.7 Å². The van der Waals surface area contributed by atoms with Crippen molar-refractivity contribution in [1.82, 2.24) is 4.72 Å². The normalized spacial score (nSPS) is 13.2. The van der Waals surface area contributed by atoms with Crippen molar-refractivity contribution in [3.8, 4) is 11.5 Å². The first-order valence-corrected chi connectivity index (χ1v) is 10.9. The fraction of sp³-hybridized carbons (Fsp3) is 0.263. The first kappa shape index (κ1) is 22.8. The van der Waals surface area contributed by atoms with Crippen LogP contribution in [0.1, 0.15) is 6.42 Å². The van der Waals surface area contributed by atoms with Gasteiger partial charge in [-0.2, -0.15) is 4.72 Å². The Morgan fingerprint density at radius 3 is 2.58 bits per heavy atom. The summed E-state index contributed by atoms with van der Waals surface area (Å²) in [5.41, 5.74) is 0.211. The van der Waals surface area contributed by atoms with Crippen LogP contribution in [0.4, 0.5) is 10.1 Å². The summed E-state index contributed by atoms with van der Waals surface area (Å²) in [7, 11) is -4.03.